The molecule has 6 heteroatoms. The van der Waals surface area contributed by atoms with E-state index in [1.807, 2.05) is 28.8 Å². The summed E-state index contributed by atoms with van der Waals surface area (Å²) in [5.41, 5.74) is 0.866. The highest BCUT2D eigenvalue weighted by Gasteiger charge is 2.43. The first kappa shape index (κ1) is 16.4. The summed E-state index contributed by atoms with van der Waals surface area (Å²) >= 11 is 0. The SMILES string of the molecule is CCNC(=NCc1nnc2ccccn12)NC1CC1C1CCCCC1. The van der Waals surface area contributed by atoms with Crippen LogP contribution in [0, 0.1) is 11.8 Å². The number of fused-ring (bicyclic) bond motifs is 1. The molecule has 2 aliphatic rings. The molecule has 0 saturated heterocycles. The summed E-state index contributed by atoms with van der Waals surface area (Å²) in [6.07, 6.45) is 10.4. The van der Waals surface area contributed by atoms with Crippen LogP contribution in [0.4, 0.5) is 0 Å². The van der Waals surface area contributed by atoms with E-state index in [9.17, 15) is 0 Å². The largest absolute Gasteiger partial charge is 0.357 e. The molecule has 2 saturated carbocycles. The minimum Gasteiger partial charge on any atom is -0.357 e. The predicted molar refractivity (Wildman–Crippen MR) is 99.4 cm³/mol. The zero-order valence-electron chi connectivity index (χ0n) is 15.0. The second-order valence-electron chi connectivity index (χ2n) is 7.29. The predicted octanol–water partition coefficient (Wildman–Crippen LogP) is 2.75. The number of hydrogen-bond donors (Lipinski definition) is 2. The van der Waals surface area contributed by atoms with Gasteiger partial charge in [0.1, 0.15) is 6.54 Å². The first-order chi connectivity index (χ1) is 12.3. The lowest BCUT2D eigenvalue weighted by Crippen LogP contribution is -2.39. The lowest BCUT2D eigenvalue weighted by molar-refractivity contribution is 0.315. The molecule has 2 N–H and O–H groups in total. The van der Waals surface area contributed by atoms with E-state index in [0.29, 0.717) is 12.6 Å². The molecule has 2 fully saturated rings. The number of rotatable bonds is 5. The van der Waals surface area contributed by atoms with Crippen LogP contribution in [0.25, 0.3) is 5.65 Å². The zero-order chi connectivity index (χ0) is 17.1. The van der Waals surface area contributed by atoms with Crippen molar-refractivity contribution in [1.29, 1.82) is 0 Å². The number of pyridine rings is 1. The van der Waals surface area contributed by atoms with Crippen LogP contribution < -0.4 is 10.6 Å². The van der Waals surface area contributed by atoms with Crippen LogP contribution in [0.5, 0.6) is 0 Å². The minimum atomic E-state index is 0.529. The standard InChI is InChI=1S/C19H28N6/c1-2-20-19(22-16-12-15(16)14-8-4-3-5-9-14)21-13-18-24-23-17-10-6-7-11-25(17)18/h6-7,10-11,14-16H,2-5,8-9,12-13H2,1H3,(H2,20,21,22). The Morgan fingerprint density at radius 2 is 2.12 bits per heavy atom. The maximum Gasteiger partial charge on any atom is 0.191 e. The quantitative estimate of drug-likeness (QED) is 0.649. The van der Waals surface area contributed by atoms with Gasteiger partial charge in [-0.05, 0) is 37.3 Å². The number of aliphatic imine (C=N–C) groups is 1. The maximum atomic E-state index is 4.74. The molecule has 6 nitrogen and oxygen atoms in total. The molecule has 25 heavy (non-hydrogen) atoms. The van der Waals surface area contributed by atoms with Crippen LogP contribution >= 0.6 is 0 Å². The van der Waals surface area contributed by atoms with Gasteiger partial charge in [0.2, 0.25) is 0 Å². The fraction of sp³-hybridized carbons (Fsp3) is 0.632. The maximum absolute atomic E-state index is 4.74. The van der Waals surface area contributed by atoms with Crippen molar-refractivity contribution in [2.24, 2.45) is 16.8 Å². The van der Waals surface area contributed by atoms with Gasteiger partial charge in [-0.1, -0.05) is 38.2 Å². The topological polar surface area (TPSA) is 66.6 Å². The highest BCUT2D eigenvalue weighted by molar-refractivity contribution is 5.80. The minimum absolute atomic E-state index is 0.529. The van der Waals surface area contributed by atoms with E-state index in [0.717, 1.165) is 35.8 Å². The van der Waals surface area contributed by atoms with Gasteiger partial charge >= 0.3 is 0 Å². The highest BCUT2D eigenvalue weighted by atomic mass is 15.3. The molecule has 0 radical (unpaired) electrons. The van der Waals surface area contributed by atoms with Crippen LogP contribution in [0.2, 0.25) is 0 Å². The molecule has 0 aromatic carbocycles. The second-order valence-corrected chi connectivity index (χ2v) is 7.29. The highest BCUT2D eigenvalue weighted by Crippen LogP contribution is 2.44. The fourth-order valence-corrected chi connectivity index (χ4v) is 4.11. The lowest BCUT2D eigenvalue weighted by Gasteiger charge is -2.22. The van der Waals surface area contributed by atoms with Crippen molar-refractivity contribution in [1.82, 2.24) is 25.2 Å². The summed E-state index contributed by atoms with van der Waals surface area (Å²) in [5, 5.41) is 15.5. The molecule has 2 atom stereocenters. The van der Waals surface area contributed by atoms with Gasteiger partial charge in [0.25, 0.3) is 0 Å². The van der Waals surface area contributed by atoms with Gasteiger partial charge in [0, 0.05) is 18.8 Å². The number of guanidine groups is 1. The van der Waals surface area contributed by atoms with Crippen LogP contribution in [0.15, 0.2) is 29.4 Å². The molecule has 0 aliphatic heterocycles. The Hall–Kier alpha value is -2.11. The van der Waals surface area contributed by atoms with Gasteiger partial charge in [0.05, 0.1) is 0 Å². The summed E-state index contributed by atoms with van der Waals surface area (Å²) in [6, 6.07) is 6.52. The molecular weight excluding hydrogens is 312 g/mol. The summed E-state index contributed by atoms with van der Waals surface area (Å²) in [7, 11) is 0. The van der Waals surface area contributed by atoms with Gasteiger partial charge in [0.15, 0.2) is 17.4 Å². The monoisotopic (exact) mass is 340 g/mol. The van der Waals surface area contributed by atoms with Crippen molar-refractivity contribution in [3.8, 4) is 0 Å². The average Bonchev–Trinajstić information content (AvgIpc) is 3.30. The second kappa shape index (κ2) is 7.42. The van der Waals surface area contributed by atoms with Gasteiger partial charge in [-0.3, -0.25) is 4.40 Å². The third-order valence-electron chi connectivity index (χ3n) is 5.52. The van der Waals surface area contributed by atoms with E-state index in [-0.39, 0.29) is 0 Å². The first-order valence-electron chi connectivity index (χ1n) is 9.68. The Balaban J connectivity index is 1.38. The molecule has 0 bridgehead atoms. The molecule has 0 spiro atoms. The average molecular weight is 340 g/mol. The Kier molecular flexibility index (Phi) is 4.85. The Morgan fingerprint density at radius 1 is 1.24 bits per heavy atom. The van der Waals surface area contributed by atoms with E-state index in [4.69, 9.17) is 4.99 Å². The van der Waals surface area contributed by atoms with Gasteiger partial charge < -0.3 is 10.6 Å². The number of aromatic nitrogens is 3. The van der Waals surface area contributed by atoms with E-state index in [2.05, 4.69) is 27.8 Å². The van der Waals surface area contributed by atoms with Crippen LogP contribution in [0.3, 0.4) is 0 Å². The van der Waals surface area contributed by atoms with Gasteiger partial charge in [-0.2, -0.15) is 0 Å². The van der Waals surface area contributed by atoms with E-state index >= 15 is 0 Å². The first-order valence-corrected chi connectivity index (χ1v) is 9.68. The third kappa shape index (κ3) is 3.78. The molecule has 0 amide bonds. The van der Waals surface area contributed by atoms with Crippen molar-refractivity contribution >= 4 is 11.6 Å². The molecule has 2 aliphatic carbocycles. The van der Waals surface area contributed by atoms with Crippen molar-refractivity contribution in [3.05, 3.63) is 30.2 Å². The van der Waals surface area contributed by atoms with Crippen molar-refractivity contribution in [3.63, 3.8) is 0 Å². The molecule has 4 rings (SSSR count). The van der Waals surface area contributed by atoms with Crippen LogP contribution in [-0.4, -0.2) is 33.1 Å². The van der Waals surface area contributed by atoms with E-state index in [1.54, 1.807) is 0 Å². The molecule has 2 heterocycles. The van der Waals surface area contributed by atoms with Crippen LogP contribution in [-0.2, 0) is 6.54 Å². The van der Waals surface area contributed by atoms with Gasteiger partial charge in [-0.25, -0.2) is 4.99 Å². The summed E-state index contributed by atoms with van der Waals surface area (Å²) in [5.74, 6) is 3.54. The zero-order valence-corrected chi connectivity index (χ0v) is 15.0. The van der Waals surface area contributed by atoms with Crippen molar-refractivity contribution in [2.45, 2.75) is 58.0 Å². The molecule has 134 valence electrons. The molecule has 2 unspecified atom stereocenters. The Bertz CT molecular complexity index is 730. The Labute approximate surface area is 149 Å². The number of hydrogen-bond acceptors (Lipinski definition) is 3. The molecule has 2 aromatic rings. The van der Waals surface area contributed by atoms with Gasteiger partial charge in [-0.15, -0.1) is 10.2 Å². The lowest BCUT2D eigenvalue weighted by atomic mass is 9.85. The van der Waals surface area contributed by atoms with Crippen molar-refractivity contribution in [2.75, 3.05) is 6.54 Å². The number of nitrogens with zero attached hydrogens (tertiary/aromatic N) is 4. The van der Waals surface area contributed by atoms with E-state index in [1.165, 1.54) is 38.5 Å². The summed E-state index contributed by atoms with van der Waals surface area (Å²) in [6.45, 7) is 3.50. The smallest absolute Gasteiger partial charge is 0.191 e. The molecule has 2 aromatic heterocycles. The number of nitrogens with one attached hydrogen (secondary N) is 2. The molecular formula is C19H28N6. The fourth-order valence-electron chi connectivity index (χ4n) is 4.11. The third-order valence-corrected chi connectivity index (χ3v) is 5.52. The summed E-state index contributed by atoms with van der Waals surface area (Å²) < 4.78 is 2.00. The van der Waals surface area contributed by atoms with Crippen molar-refractivity contribution < 1.29 is 0 Å². The van der Waals surface area contributed by atoms with Crippen LogP contribution in [0.1, 0.15) is 51.3 Å². The van der Waals surface area contributed by atoms with E-state index < -0.39 is 0 Å². The summed E-state index contributed by atoms with van der Waals surface area (Å²) in [4.78, 5) is 4.74. The normalized spacial score (nSPS) is 24.4. The Morgan fingerprint density at radius 3 is 2.96 bits per heavy atom.